The number of carbonyl (C=O) groups is 1. The summed E-state index contributed by atoms with van der Waals surface area (Å²) in [6.45, 7) is 7.27. The Hall–Kier alpha value is -1.16. The average molecular weight is 395 g/mol. The third-order valence-corrected chi connectivity index (χ3v) is 5.57. The number of fused-ring (bicyclic) bond motifs is 3. The number of hydrogen-bond donors (Lipinski definition) is 1. The molecule has 5 atom stereocenters. The largest absolute Gasteiger partial charge is 0.342 e. The van der Waals surface area contributed by atoms with Gasteiger partial charge in [0.25, 0.3) is 5.91 Å². The average Bonchev–Trinajstić information content (AvgIpc) is 3.08. The van der Waals surface area contributed by atoms with Crippen molar-refractivity contribution in [2.75, 3.05) is 11.6 Å². The van der Waals surface area contributed by atoms with E-state index in [9.17, 15) is 4.79 Å². The first kappa shape index (κ1) is 19.2. The van der Waals surface area contributed by atoms with Crippen LogP contribution >= 0.6 is 11.8 Å². The van der Waals surface area contributed by atoms with Gasteiger partial charge in [0.1, 0.15) is 18.3 Å². The van der Waals surface area contributed by atoms with E-state index >= 15 is 0 Å². The van der Waals surface area contributed by atoms with Crippen molar-refractivity contribution in [2.45, 2.75) is 74.9 Å². The highest BCUT2D eigenvalue weighted by Gasteiger charge is 2.62. The minimum absolute atomic E-state index is 0.292. The molecule has 27 heavy (non-hydrogen) atoms. The van der Waals surface area contributed by atoms with Crippen LogP contribution in [-0.2, 0) is 28.5 Å². The van der Waals surface area contributed by atoms with Crippen molar-refractivity contribution in [3.05, 3.63) is 24.3 Å². The van der Waals surface area contributed by atoms with E-state index in [0.29, 0.717) is 0 Å². The highest BCUT2D eigenvalue weighted by Crippen LogP contribution is 2.44. The first-order valence-corrected chi connectivity index (χ1v) is 10.2. The zero-order valence-electron chi connectivity index (χ0n) is 16.1. The van der Waals surface area contributed by atoms with E-state index in [1.165, 1.54) is 0 Å². The van der Waals surface area contributed by atoms with Crippen LogP contribution in [0.2, 0.25) is 0 Å². The molecule has 1 aromatic carbocycles. The molecule has 0 aliphatic carbocycles. The van der Waals surface area contributed by atoms with Crippen LogP contribution in [0.3, 0.4) is 0 Å². The van der Waals surface area contributed by atoms with E-state index in [4.69, 9.17) is 23.7 Å². The zero-order chi connectivity index (χ0) is 19.4. The Labute approximate surface area is 163 Å². The lowest BCUT2D eigenvalue weighted by molar-refractivity contribution is -0.229. The third-order valence-electron chi connectivity index (χ3n) is 4.78. The van der Waals surface area contributed by atoms with Gasteiger partial charge >= 0.3 is 0 Å². The fourth-order valence-electron chi connectivity index (χ4n) is 3.78. The predicted octanol–water partition coefficient (Wildman–Crippen LogP) is 2.74. The molecular weight excluding hydrogens is 370 g/mol. The summed E-state index contributed by atoms with van der Waals surface area (Å²) in [6, 6.07) is 7.63. The van der Waals surface area contributed by atoms with Crippen LogP contribution in [0.25, 0.3) is 0 Å². The fraction of sp³-hybridized carbons (Fsp3) is 0.632. The second kappa shape index (κ2) is 6.72. The van der Waals surface area contributed by atoms with Gasteiger partial charge in [0, 0.05) is 4.90 Å². The molecule has 3 saturated heterocycles. The van der Waals surface area contributed by atoms with E-state index in [0.717, 1.165) is 10.6 Å². The number of anilines is 1. The molecule has 0 saturated carbocycles. The molecule has 3 aliphatic rings. The Kier molecular flexibility index (Phi) is 4.77. The molecule has 1 aromatic rings. The Morgan fingerprint density at radius 1 is 0.963 bits per heavy atom. The van der Waals surface area contributed by atoms with Crippen molar-refractivity contribution in [2.24, 2.45) is 0 Å². The second-order valence-corrected chi connectivity index (χ2v) is 8.63. The van der Waals surface area contributed by atoms with Gasteiger partial charge in [-0.05, 0) is 46.1 Å². The summed E-state index contributed by atoms with van der Waals surface area (Å²) in [6.07, 6.45) is -1.08. The van der Waals surface area contributed by atoms with E-state index in [1.807, 2.05) is 58.2 Å². The molecule has 1 amide bonds. The Morgan fingerprint density at radius 2 is 1.59 bits per heavy atom. The Bertz CT molecular complexity index is 739. The lowest BCUT2D eigenvalue weighted by Gasteiger charge is -2.36. The summed E-state index contributed by atoms with van der Waals surface area (Å²) >= 11 is 1.56. The number of thioether (sulfide) groups is 1. The molecular formula is C19H25NO6S. The molecule has 148 valence electrons. The maximum absolute atomic E-state index is 13.1. The number of ether oxygens (including phenoxy) is 5. The summed E-state index contributed by atoms with van der Waals surface area (Å²) in [7, 11) is 0. The number of carbonyl (C=O) groups excluding carboxylic acids is 1. The minimum Gasteiger partial charge on any atom is -0.342 e. The molecule has 0 radical (unpaired) electrons. The molecule has 1 N–H and O–H groups in total. The molecule has 7 nitrogen and oxygen atoms in total. The molecule has 0 bridgehead atoms. The summed E-state index contributed by atoms with van der Waals surface area (Å²) in [5.74, 6) is -1.94. The first-order valence-electron chi connectivity index (χ1n) is 9.00. The third kappa shape index (κ3) is 3.62. The van der Waals surface area contributed by atoms with Gasteiger partial charge in [-0.1, -0.05) is 12.1 Å². The molecule has 3 fully saturated rings. The van der Waals surface area contributed by atoms with Crippen LogP contribution < -0.4 is 5.32 Å². The van der Waals surface area contributed by atoms with E-state index in [1.54, 1.807) is 11.8 Å². The summed E-state index contributed by atoms with van der Waals surface area (Å²) in [4.78, 5) is 14.0. The SMILES string of the molecule is CSc1ccccc1NC(=O)C1OC2OC(C)(C)OC2C2OC(C)(C)OC12. The van der Waals surface area contributed by atoms with Crippen molar-refractivity contribution in [3.63, 3.8) is 0 Å². The first-order chi connectivity index (χ1) is 12.7. The highest BCUT2D eigenvalue weighted by atomic mass is 32.2. The molecule has 3 aliphatic heterocycles. The van der Waals surface area contributed by atoms with Crippen LogP contribution in [-0.4, -0.2) is 54.4 Å². The van der Waals surface area contributed by atoms with Gasteiger partial charge in [0.05, 0.1) is 5.69 Å². The predicted molar refractivity (Wildman–Crippen MR) is 99.4 cm³/mol. The fourth-order valence-corrected chi connectivity index (χ4v) is 4.33. The number of rotatable bonds is 3. The normalized spacial score (nSPS) is 36.1. The van der Waals surface area contributed by atoms with Crippen LogP contribution in [0.4, 0.5) is 5.69 Å². The summed E-state index contributed by atoms with van der Waals surface area (Å²) < 4.78 is 29.8. The minimum atomic E-state index is -0.870. The van der Waals surface area contributed by atoms with Gasteiger partial charge in [-0.15, -0.1) is 11.8 Å². The van der Waals surface area contributed by atoms with Crippen LogP contribution in [0, 0.1) is 0 Å². The number of para-hydroxylation sites is 1. The van der Waals surface area contributed by atoms with Gasteiger partial charge in [-0.2, -0.15) is 0 Å². The van der Waals surface area contributed by atoms with Gasteiger partial charge in [-0.3, -0.25) is 4.79 Å². The number of nitrogens with one attached hydrogen (secondary N) is 1. The van der Waals surface area contributed by atoms with Crippen molar-refractivity contribution < 1.29 is 28.5 Å². The maximum Gasteiger partial charge on any atom is 0.256 e. The van der Waals surface area contributed by atoms with Gasteiger partial charge in [0.2, 0.25) is 0 Å². The van der Waals surface area contributed by atoms with Gasteiger partial charge in [-0.25, -0.2) is 0 Å². The molecule has 5 unspecified atom stereocenters. The number of benzene rings is 1. The van der Waals surface area contributed by atoms with Crippen LogP contribution in [0.1, 0.15) is 27.7 Å². The molecule has 0 spiro atoms. The van der Waals surface area contributed by atoms with Crippen molar-refractivity contribution >= 4 is 23.4 Å². The van der Waals surface area contributed by atoms with Crippen molar-refractivity contribution in [1.29, 1.82) is 0 Å². The van der Waals surface area contributed by atoms with Crippen LogP contribution in [0.5, 0.6) is 0 Å². The molecule has 4 rings (SSSR count). The molecule has 3 heterocycles. The summed E-state index contributed by atoms with van der Waals surface area (Å²) in [5, 5.41) is 2.96. The van der Waals surface area contributed by atoms with E-state index in [2.05, 4.69) is 5.32 Å². The zero-order valence-corrected chi connectivity index (χ0v) is 16.9. The van der Waals surface area contributed by atoms with Crippen molar-refractivity contribution in [3.8, 4) is 0 Å². The lowest BCUT2D eigenvalue weighted by Crippen LogP contribution is -2.58. The smallest absolute Gasteiger partial charge is 0.256 e. The maximum atomic E-state index is 13.1. The van der Waals surface area contributed by atoms with Crippen molar-refractivity contribution in [1.82, 2.24) is 0 Å². The Balaban J connectivity index is 1.59. The number of hydrogen-bond acceptors (Lipinski definition) is 7. The standard InChI is InChI=1S/C19H25NO6S/c1-18(2)23-12-13(24-18)15-17(26-19(3,4)25-15)22-14(12)16(21)20-10-8-6-7-9-11(10)27-5/h6-9,12-15,17H,1-5H3,(H,20,21). The van der Waals surface area contributed by atoms with Crippen LogP contribution in [0.15, 0.2) is 29.2 Å². The highest BCUT2D eigenvalue weighted by molar-refractivity contribution is 7.98. The second-order valence-electron chi connectivity index (χ2n) is 7.78. The van der Waals surface area contributed by atoms with Gasteiger partial charge in [0.15, 0.2) is 24.0 Å². The van der Waals surface area contributed by atoms with Gasteiger partial charge < -0.3 is 29.0 Å². The molecule has 8 heteroatoms. The number of amides is 1. The quantitative estimate of drug-likeness (QED) is 0.789. The summed E-state index contributed by atoms with van der Waals surface area (Å²) in [5.41, 5.74) is 0.736. The lowest BCUT2D eigenvalue weighted by atomic mass is 9.98. The van der Waals surface area contributed by atoms with E-state index < -0.39 is 42.3 Å². The topological polar surface area (TPSA) is 75.3 Å². The monoisotopic (exact) mass is 395 g/mol. The molecule has 0 aromatic heterocycles. The Morgan fingerprint density at radius 3 is 2.33 bits per heavy atom. The van der Waals surface area contributed by atoms with E-state index in [-0.39, 0.29) is 5.91 Å².